The molecule has 2 aliphatic rings. The lowest BCUT2D eigenvalue weighted by Gasteiger charge is -2.26. The summed E-state index contributed by atoms with van der Waals surface area (Å²) in [6, 6.07) is 4.54. The number of nitrogens with one attached hydrogen (secondary N) is 1. The third kappa shape index (κ3) is 4.97. The Balaban J connectivity index is 1.40. The number of aromatic nitrogens is 2. The maximum absolute atomic E-state index is 12.5. The summed E-state index contributed by atoms with van der Waals surface area (Å²) < 4.78 is 11.3. The molecule has 1 aromatic carbocycles. The number of nitrogens with zero attached hydrogens (tertiary/aromatic N) is 4. The quantitative estimate of drug-likeness (QED) is 0.682. The van der Waals surface area contributed by atoms with Gasteiger partial charge in [-0.05, 0) is 43.5 Å². The molecule has 1 aliphatic heterocycles. The Labute approximate surface area is 186 Å². The van der Waals surface area contributed by atoms with Gasteiger partial charge >= 0.3 is 6.03 Å². The van der Waals surface area contributed by atoms with Crippen molar-refractivity contribution < 1.29 is 23.9 Å². The number of benzene rings is 1. The van der Waals surface area contributed by atoms with Crippen molar-refractivity contribution >= 4 is 23.6 Å². The van der Waals surface area contributed by atoms with E-state index in [9.17, 15) is 9.59 Å². The van der Waals surface area contributed by atoms with Crippen LogP contribution in [0.2, 0.25) is 0 Å². The van der Waals surface area contributed by atoms with Gasteiger partial charge in [-0.15, -0.1) is 0 Å². The van der Waals surface area contributed by atoms with Crippen LogP contribution in [-0.4, -0.2) is 55.3 Å². The van der Waals surface area contributed by atoms with E-state index >= 15 is 0 Å². The Hall–Kier alpha value is -3.24. The highest BCUT2D eigenvalue weighted by Crippen LogP contribution is 2.29. The topological polar surface area (TPSA) is 106 Å². The number of hydrogen-bond donors (Lipinski definition) is 1. The second kappa shape index (κ2) is 9.92. The smallest absolute Gasteiger partial charge is 0.352 e. The number of hydrogen-bond acceptors (Lipinski definition) is 8. The standard InChI is InChI=1S/C22H27N5O5/c1-15-12-17(27(30-2)22(29)25-20(28)16-4-3-5-16)6-7-19(15)32-18-13-23-21(24-14-18)26-8-10-31-11-9-26/h6-7,12-14,16H,3-5,8-11H2,1-2H3,(H,25,28,29). The average molecular weight is 441 g/mol. The normalized spacial score (nSPS) is 16.2. The number of carbonyl (C=O) groups excluding carboxylic acids is 2. The van der Waals surface area contributed by atoms with Crippen LogP contribution in [-0.2, 0) is 14.4 Å². The Bertz CT molecular complexity index is 958. The second-order valence-electron chi connectivity index (χ2n) is 7.77. The third-order valence-electron chi connectivity index (χ3n) is 5.60. The van der Waals surface area contributed by atoms with Crippen molar-refractivity contribution in [2.75, 3.05) is 43.4 Å². The number of morpholine rings is 1. The number of rotatable bonds is 6. The van der Waals surface area contributed by atoms with Crippen molar-refractivity contribution in [2.45, 2.75) is 26.2 Å². The molecule has 32 heavy (non-hydrogen) atoms. The Morgan fingerprint density at radius 1 is 1.19 bits per heavy atom. The van der Waals surface area contributed by atoms with Crippen LogP contribution in [0.25, 0.3) is 0 Å². The van der Waals surface area contributed by atoms with Crippen molar-refractivity contribution in [3.63, 3.8) is 0 Å². The predicted octanol–water partition coefficient (Wildman–Crippen LogP) is 2.82. The number of amides is 3. The highest BCUT2D eigenvalue weighted by atomic mass is 16.7. The zero-order valence-electron chi connectivity index (χ0n) is 18.2. The fraction of sp³-hybridized carbons (Fsp3) is 0.455. The van der Waals surface area contributed by atoms with Crippen molar-refractivity contribution in [1.29, 1.82) is 0 Å². The van der Waals surface area contributed by atoms with E-state index in [-0.39, 0.29) is 11.8 Å². The number of aryl methyl sites for hydroxylation is 1. The van der Waals surface area contributed by atoms with Gasteiger partial charge in [0, 0.05) is 19.0 Å². The number of imide groups is 1. The summed E-state index contributed by atoms with van der Waals surface area (Å²) in [5, 5.41) is 3.45. The number of anilines is 2. The summed E-state index contributed by atoms with van der Waals surface area (Å²) in [4.78, 5) is 40.6. The first-order valence-electron chi connectivity index (χ1n) is 10.7. The van der Waals surface area contributed by atoms with E-state index in [1.807, 2.05) is 6.92 Å². The molecule has 2 fully saturated rings. The summed E-state index contributed by atoms with van der Waals surface area (Å²) in [7, 11) is 1.38. The van der Waals surface area contributed by atoms with Crippen LogP contribution in [0.4, 0.5) is 16.4 Å². The molecule has 170 valence electrons. The molecule has 0 radical (unpaired) electrons. The maximum Gasteiger partial charge on any atom is 0.352 e. The Morgan fingerprint density at radius 2 is 1.91 bits per heavy atom. The molecule has 1 aliphatic carbocycles. The lowest BCUT2D eigenvalue weighted by atomic mass is 9.85. The molecular formula is C22H27N5O5. The van der Waals surface area contributed by atoms with Gasteiger partial charge in [-0.1, -0.05) is 6.42 Å². The van der Waals surface area contributed by atoms with Crippen molar-refractivity contribution in [1.82, 2.24) is 15.3 Å². The molecular weight excluding hydrogens is 414 g/mol. The van der Waals surface area contributed by atoms with Crippen molar-refractivity contribution in [2.24, 2.45) is 5.92 Å². The van der Waals surface area contributed by atoms with Crippen LogP contribution in [0.3, 0.4) is 0 Å². The van der Waals surface area contributed by atoms with Gasteiger partial charge in [0.15, 0.2) is 5.75 Å². The van der Waals surface area contributed by atoms with Gasteiger partial charge in [-0.2, -0.15) is 5.06 Å². The molecule has 1 N–H and O–H groups in total. The largest absolute Gasteiger partial charge is 0.454 e. The first-order valence-corrected chi connectivity index (χ1v) is 10.7. The van der Waals surface area contributed by atoms with Crippen LogP contribution < -0.4 is 20.0 Å². The van der Waals surface area contributed by atoms with E-state index in [2.05, 4.69) is 20.2 Å². The van der Waals surface area contributed by atoms with E-state index in [4.69, 9.17) is 14.3 Å². The van der Waals surface area contributed by atoms with Crippen molar-refractivity contribution in [3.8, 4) is 11.5 Å². The molecule has 1 saturated heterocycles. The zero-order chi connectivity index (χ0) is 22.5. The summed E-state index contributed by atoms with van der Waals surface area (Å²) >= 11 is 0. The van der Waals surface area contributed by atoms with Gasteiger partial charge in [0.05, 0.1) is 38.4 Å². The van der Waals surface area contributed by atoms with Crippen LogP contribution in [0, 0.1) is 12.8 Å². The van der Waals surface area contributed by atoms with Gasteiger partial charge < -0.3 is 14.4 Å². The average Bonchev–Trinajstić information content (AvgIpc) is 2.76. The molecule has 0 spiro atoms. The van der Waals surface area contributed by atoms with Gasteiger partial charge in [0.1, 0.15) is 5.75 Å². The number of hydroxylamine groups is 1. The lowest BCUT2D eigenvalue weighted by molar-refractivity contribution is -0.126. The predicted molar refractivity (Wildman–Crippen MR) is 117 cm³/mol. The van der Waals surface area contributed by atoms with Crippen LogP contribution in [0.15, 0.2) is 30.6 Å². The summed E-state index contributed by atoms with van der Waals surface area (Å²) in [6.07, 6.45) is 5.91. The molecule has 10 nitrogen and oxygen atoms in total. The molecule has 3 amide bonds. The first kappa shape index (κ1) is 22.0. The molecule has 0 unspecified atom stereocenters. The van der Waals surface area contributed by atoms with Crippen LogP contribution in [0.5, 0.6) is 11.5 Å². The number of urea groups is 1. The fourth-order valence-electron chi connectivity index (χ4n) is 3.52. The molecule has 10 heteroatoms. The summed E-state index contributed by atoms with van der Waals surface area (Å²) in [5.74, 6) is 1.39. The van der Waals surface area contributed by atoms with Crippen LogP contribution >= 0.6 is 0 Å². The molecule has 1 aromatic heterocycles. The van der Waals surface area contributed by atoms with Gasteiger partial charge in [-0.3, -0.25) is 14.9 Å². The molecule has 2 aromatic rings. The van der Waals surface area contributed by atoms with E-state index in [0.29, 0.717) is 36.3 Å². The lowest BCUT2D eigenvalue weighted by Crippen LogP contribution is -2.46. The molecule has 2 heterocycles. The Morgan fingerprint density at radius 3 is 2.50 bits per heavy atom. The number of carbonyl (C=O) groups is 2. The van der Waals surface area contributed by atoms with Crippen molar-refractivity contribution in [3.05, 3.63) is 36.2 Å². The van der Waals surface area contributed by atoms with E-state index < -0.39 is 6.03 Å². The summed E-state index contributed by atoms with van der Waals surface area (Å²) in [5.41, 5.74) is 1.26. The van der Waals surface area contributed by atoms with Crippen LogP contribution in [0.1, 0.15) is 24.8 Å². The molecule has 4 rings (SSSR count). The second-order valence-corrected chi connectivity index (χ2v) is 7.77. The minimum absolute atomic E-state index is 0.0907. The van der Waals surface area contributed by atoms with Gasteiger partial charge in [0.25, 0.3) is 0 Å². The Kier molecular flexibility index (Phi) is 6.81. The molecule has 1 saturated carbocycles. The number of ether oxygens (including phenoxy) is 2. The SMILES string of the molecule is CON(C(=O)NC(=O)C1CCC1)c1ccc(Oc2cnc(N3CCOCC3)nc2)c(C)c1. The third-order valence-corrected chi connectivity index (χ3v) is 5.60. The first-order chi connectivity index (χ1) is 15.5. The zero-order valence-corrected chi connectivity index (χ0v) is 18.2. The van der Waals surface area contributed by atoms with Gasteiger partial charge in [0.2, 0.25) is 11.9 Å². The molecule has 0 atom stereocenters. The van der Waals surface area contributed by atoms with E-state index in [1.54, 1.807) is 30.6 Å². The monoisotopic (exact) mass is 441 g/mol. The molecule has 0 bridgehead atoms. The summed E-state index contributed by atoms with van der Waals surface area (Å²) in [6.45, 7) is 4.71. The minimum atomic E-state index is -0.621. The van der Waals surface area contributed by atoms with E-state index in [1.165, 1.54) is 7.11 Å². The van der Waals surface area contributed by atoms with Gasteiger partial charge in [-0.25, -0.2) is 14.8 Å². The maximum atomic E-state index is 12.5. The highest BCUT2D eigenvalue weighted by molar-refractivity contribution is 6.02. The van der Waals surface area contributed by atoms with E-state index in [0.717, 1.165) is 43.0 Å². The fourth-order valence-corrected chi connectivity index (χ4v) is 3.52. The minimum Gasteiger partial charge on any atom is -0.454 e. The highest BCUT2D eigenvalue weighted by Gasteiger charge is 2.28.